The summed E-state index contributed by atoms with van der Waals surface area (Å²) in [5.74, 6) is -2.31. The molecule has 0 saturated heterocycles. The SMILES string of the molecule is O=C1/C(=C2/C(=O)c3ccccc3N2C(=O)c2cnccn2)N(C(=O)c2cccnc2)c2ccccc21. The van der Waals surface area contributed by atoms with Gasteiger partial charge in [-0.3, -0.25) is 38.9 Å². The molecule has 0 fully saturated rings. The lowest BCUT2D eigenvalue weighted by Gasteiger charge is -2.24. The number of hydrogen-bond donors (Lipinski definition) is 0. The third-order valence-electron chi connectivity index (χ3n) is 5.98. The predicted molar refractivity (Wildman–Crippen MR) is 128 cm³/mol. The summed E-state index contributed by atoms with van der Waals surface area (Å²) < 4.78 is 0. The number of allylic oxidation sites excluding steroid dienone is 2. The van der Waals surface area contributed by atoms with Crippen LogP contribution in [-0.2, 0) is 0 Å². The number of hydrogen-bond acceptors (Lipinski definition) is 7. The van der Waals surface area contributed by atoms with E-state index in [9.17, 15) is 19.2 Å². The Kier molecular flexibility index (Phi) is 4.82. The van der Waals surface area contributed by atoms with E-state index in [1.165, 1.54) is 35.9 Å². The molecule has 2 aromatic heterocycles. The van der Waals surface area contributed by atoms with Crippen molar-refractivity contribution in [2.75, 3.05) is 9.80 Å². The highest BCUT2D eigenvalue weighted by molar-refractivity contribution is 6.35. The van der Waals surface area contributed by atoms with Crippen LogP contribution in [0.25, 0.3) is 0 Å². The van der Waals surface area contributed by atoms with Crippen LogP contribution in [0.5, 0.6) is 0 Å². The molecule has 9 heteroatoms. The van der Waals surface area contributed by atoms with Gasteiger partial charge in [0.25, 0.3) is 11.8 Å². The van der Waals surface area contributed by atoms with Crippen molar-refractivity contribution >= 4 is 34.8 Å². The molecule has 0 radical (unpaired) electrons. The first kappa shape index (κ1) is 21.2. The Morgan fingerprint density at radius 3 is 1.75 bits per heavy atom. The average Bonchev–Trinajstić information content (AvgIpc) is 3.39. The number of anilines is 2. The van der Waals surface area contributed by atoms with Crippen LogP contribution in [0.15, 0.2) is 103 Å². The van der Waals surface area contributed by atoms with E-state index in [-0.39, 0.29) is 39.5 Å². The Hall–Kier alpha value is -5.31. The summed E-state index contributed by atoms with van der Waals surface area (Å²) in [7, 11) is 0. The van der Waals surface area contributed by atoms with Crippen molar-refractivity contribution in [3.05, 3.63) is 125 Å². The molecule has 4 heterocycles. The number of nitrogens with zero attached hydrogens (tertiary/aromatic N) is 5. The van der Waals surface area contributed by atoms with Gasteiger partial charge in [0.2, 0.25) is 11.6 Å². The summed E-state index contributed by atoms with van der Waals surface area (Å²) in [5, 5.41) is 0. The molecule has 2 aliphatic heterocycles. The number of rotatable bonds is 2. The fraction of sp³-hybridized carbons (Fsp3) is 0. The lowest BCUT2D eigenvalue weighted by molar-refractivity contribution is 0.0952. The van der Waals surface area contributed by atoms with Crippen LogP contribution in [0.4, 0.5) is 11.4 Å². The second-order valence-electron chi connectivity index (χ2n) is 8.00. The third kappa shape index (κ3) is 3.07. The summed E-state index contributed by atoms with van der Waals surface area (Å²) in [6.07, 6.45) is 6.96. The molecule has 0 unspecified atom stereocenters. The standard InChI is InChI=1S/C27H15N5O4/c33-24-17-7-1-3-9-20(17)31(26(35)16-6-5-11-28-14-16)22(24)23-25(34)18-8-2-4-10-21(18)32(23)27(36)19-15-29-12-13-30-19/h1-15H/b23-22+. The molecule has 0 saturated carbocycles. The van der Waals surface area contributed by atoms with Gasteiger partial charge in [0, 0.05) is 35.9 Å². The molecule has 0 spiro atoms. The molecule has 0 aliphatic carbocycles. The molecule has 9 nitrogen and oxygen atoms in total. The van der Waals surface area contributed by atoms with E-state index < -0.39 is 23.4 Å². The number of ketones is 2. The summed E-state index contributed by atoms with van der Waals surface area (Å²) >= 11 is 0. The van der Waals surface area contributed by atoms with Gasteiger partial charge in [0.15, 0.2) is 0 Å². The minimum absolute atomic E-state index is 0.0202. The van der Waals surface area contributed by atoms with Crippen molar-refractivity contribution < 1.29 is 19.2 Å². The maximum absolute atomic E-state index is 13.7. The predicted octanol–water partition coefficient (Wildman–Crippen LogP) is 3.47. The fourth-order valence-corrected chi connectivity index (χ4v) is 4.41. The number of amides is 2. The van der Waals surface area contributed by atoms with Gasteiger partial charge in [0.1, 0.15) is 17.1 Å². The zero-order valence-electron chi connectivity index (χ0n) is 18.5. The molecule has 172 valence electrons. The van der Waals surface area contributed by atoms with Crippen LogP contribution in [-0.4, -0.2) is 38.3 Å². The number of Topliss-reactive ketones (excluding diaryl/α,β-unsaturated/α-hetero) is 2. The number of pyridine rings is 1. The number of carbonyl (C=O) groups is 4. The number of carbonyl (C=O) groups excluding carboxylic acids is 4. The molecule has 4 aromatic rings. The van der Waals surface area contributed by atoms with Gasteiger partial charge >= 0.3 is 0 Å². The van der Waals surface area contributed by atoms with Gasteiger partial charge in [-0.2, -0.15) is 0 Å². The average molecular weight is 473 g/mol. The summed E-state index contributed by atoms with van der Waals surface area (Å²) in [6.45, 7) is 0. The molecular formula is C27H15N5O4. The Morgan fingerprint density at radius 1 is 0.611 bits per heavy atom. The van der Waals surface area contributed by atoms with Crippen LogP contribution in [0.3, 0.4) is 0 Å². The van der Waals surface area contributed by atoms with Crippen molar-refractivity contribution in [1.82, 2.24) is 15.0 Å². The summed E-state index contributed by atoms with van der Waals surface area (Å²) in [4.78, 5) is 69.2. The number of benzene rings is 2. The molecule has 6 rings (SSSR count). The van der Waals surface area contributed by atoms with Crippen LogP contribution in [0, 0.1) is 0 Å². The third-order valence-corrected chi connectivity index (χ3v) is 5.98. The first-order valence-electron chi connectivity index (χ1n) is 10.9. The molecule has 2 aliphatic rings. The van der Waals surface area contributed by atoms with E-state index in [1.54, 1.807) is 60.7 Å². The topological polar surface area (TPSA) is 113 Å². The highest BCUT2D eigenvalue weighted by atomic mass is 16.2. The Morgan fingerprint density at radius 2 is 1.19 bits per heavy atom. The van der Waals surface area contributed by atoms with Gasteiger partial charge in [-0.05, 0) is 36.4 Å². The second-order valence-corrected chi connectivity index (χ2v) is 8.00. The molecule has 36 heavy (non-hydrogen) atoms. The maximum Gasteiger partial charge on any atom is 0.283 e. The van der Waals surface area contributed by atoms with E-state index in [4.69, 9.17) is 0 Å². The lowest BCUT2D eigenvalue weighted by Crippen LogP contribution is -2.37. The second kappa shape index (κ2) is 8.17. The van der Waals surface area contributed by atoms with Crippen molar-refractivity contribution in [1.29, 1.82) is 0 Å². The van der Waals surface area contributed by atoms with Crippen molar-refractivity contribution in [3.63, 3.8) is 0 Å². The van der Waals surface area contributed by atoms with Gasteiger partial charge in [-0.1, -0.05) is 24.3 Å². The van der Waals surface area contributed by atoms with E-state index >= 15 is 0 Å². The minimum atomic E-state index is -0.651. The smallest absolute Gasteiger partial charge is 0.283 e. The Labute approximate surface area is 204 Å². The van der Waals surface area contributed by atoms with E-state index in [0.717, 1.165) is 4.90 Å². The zero-order chi connectivity index (χ0) is 24.8. The van der Waals surface area contributed by atoms with Crippen molar-refractivity contribution in [2.24, 2.45) is 0 Å². The van der Waals surface area contributed by atoms with Gasteiger partial charge in [-0.15, -0.1) is 0 Å². The summed E-state index contributed by atoms with van der Waals surface area (Å²) in [5.41, 5.74) is 0.854. The number of fused-ring (bicyclic) bond motifs is 2. The molecule has 2 aromatic carbocycles. The van der Waals surface area contributed by atoms with Crippen LogP contribution >= 0.6 is 0 Å². The van der Waals surface area contributed by atoms with E-state index in [2.05, 4.69) is 15.0 Å². The molecule has 0 bridgehead atoms. The first-order chi connectivity index (χ1) is 17.6. The quantitative estimate of drug-likeness (QED) is 0.410. The molecule has 0 N–H and O–H groups in total. The Balaban J connectivity index is 1.63. The number of aromatic nitrogens is 3. The Bertz CT molecular complexity index is 1490. The normalized spacial score (nSPS) is 16.2. The largest absolute Gasteiger partial charge is 0.287 e. The van der Waals surface area contributed by atoms with Crippen molar-refractivity contribution in [2.45, 2.75) is 0 Å². The molecule has 0 atom stereocenters. The molecular weight excluding hydrogens is 458 g/mol. The van der Waals surface area contributed by atoms with Crippen LogP contribution in [0.1, 0.15) is 41.6 Å². The minimum Gasteiger partial charge on any atom is -0.287 e. The van der Waals surface area contributed by atoms with Gasteiger partial charge < -0.3 is 0 Å². The van der Waals surface area contributed by atoms with E-state index in [0.29, 0.717) is 5.69 Å². The van der Waals surface area contributed by atoms with Gasteiger partial charge in [0.05, 0.1) is 23.1 Å². The first-order valence-corrected chi connectivity index (χ1v) is 10.9. The maximum atomic E-state index is 13.7. The van der Waals surface area contributed by atoms with Gasteiger partial charge in [-0.25, -0.2) is 4.98 Å². The monoisotopic (exact) mass is 473 g/mol. The van der Waals surface area contributed by atoms with Crippen LogP contribution in [0.2, 0.25) is 0 Å². The molecule has 2 amide bonds. The summed E-state index contributed by atoms with van der Waals surface area (Å²) in [6, 6.07) is 16.3. The zero-order valence-corrected chi connectivity index (χ0v) is 18.5. The number of para-hydroxylation sites is 2. The van der Waals surface area contributed by atoms with Crippen molar-refractivity contribution in [3.8, 4) is 0 Å². The fourth-order valence-electron chi connectivity index (χ4n) is 4.41. The highest BCUT2D eigenvalue weighted by Gasteiger charge is 2.47. The van der Waals surface area contributed by atoms with E-state index in [1.807, 2.05) is 0 Å². The lowest BCUT2D eigenvalue weighted by atomic mass is 10.1. The van der Waals surface area contributed by atoms with Crippen LogP contribution < -0.4 is 9.80 Å². The highest BCUT2D eigenvalue weighted by Crippen LogP contribution is 2.43.